The third-order valence-corrected chi connectivity index (χ3v) is 4.72. The molecule has 1 amide bonds. The molecule has 0 aliphatic rings. The van der Waals surface area contributed by atoms with E-state index in [0.29, 0.717) is 29.0 Å². The molecule has 0 bridgehead atoms. The van der Waals surface area contributed by atoms with Gasteiger partial charge >= 0.3 is 0 Å². The lowest BCUT2D eigenvalue weighted by Crippen LogP contribution is -2.45. The Kier molecular flexibility index (Phi) is 4.94. The number of aromatic nitrogens is 3. The van der Waals surface area contributed by atoms with Crippen molar-refractivity contribution in [2.45, 2.75) is 33.2 Å². The summed E-state index contributed by atoms with van der Waals surface area (Å²) in [5.74, 6) is -0.0538. The van der Waals surface area contributed by atoms with Crippen molar-refractivity contribution >= 4 is 28.4 Å². The predicted molar refractivity (Wildman–Crippen MR) is 106 cm³/mol. The van der Waals surface area contributed by atoms with Crippen LogP contribution in [0.25, 0.3) is 16.7 Å². The lowest BCUT2D eigenvalue weighted by molar-refractivity contribution is -0.683. The molecule has 27 heavy (non-hydrogen) atoms. The van der Waals surface area contributed by atoms with Crippen LogP contribution in [0, 0.1) is 6.92 Å². The van der Waals surface area contributed by atoms with Gasteiger partial charge in [-0.2, -0.15) is 0 Å². The molecule has 0 aromatic carbocycles. The van der Waals surface area contributed by atoms with E-state index in [9.17, 15) is 9.59 Å². The summed E-state index contributed by atoms with van der Waals surface area (Å²) in [5.41, 5.74) is 8.34. The fourth-order valence-electron chi connectivity index (χ4n) is 3.09. The Morgan fingerprint density at radius 1 is 1.48 bits per heavy atom. The number of nitrogen functional groups attached to an aromatic ring is 1. The van der Waals surface area contributed by atoms with Crippen LogP contribution in [-0.2, 0) is 0 Å². The van der Waals surface area contributed by atoms with Crippen LogP contribution in [-0.4, -0.2) is 21.8 Å². The van der Waals surface area contributed by atoms with E-state index in [0.717, 1.165) is 12.0 Å². The molecular weight excluding hydrogens is 342 g/mol. The monoisotopic (exact) mass is 366 g/mol. The van der Waals surface area contributed by atoms with Crippen molar-refractivity contribution < 1.29 is 9.36 Å². The largest absolute Gasteiger partial charge is 0.348 e. The third-order valence-electron chi connectivity index (χ3n) is 4.72. The number of hydrogen-bond donors (Lipinski definition) is 2. The van der Waals surface area contributed by atoms with Gasteiger partial charge in [-0.15, -0.1) is 6.58 Å². The Balaban J connectivity index is 2.42. The van der Waals surface area contributed by atoms with Crippen LogP contribution in [0.15, 0.2) is 41.8 Å². The maximum atomic E-state index is 13.1. The lowest BCUT2D eigenvalue weighted by Gasteiger charge is -2.16. The third kappa shape index (κ3) is 3.16. The zero-order chi connectivity index (χ0) is 19.7. The highest BCUT2D eigenvalue weighted by molar-refractivity contribution is 6.00. The number of nitrogens with two attached hydrogens (primary N) is 1. The molecule has 0 spiro atoms. The molecule has 0 radical (unpaired) electrons. The number of carbonyl (C=O) groups is 1. The van der Waals surface area contributed by atoms with Crippen molar-refractivity contribution in [3.63, 3.8) is 0 Å². The molecule has 3 N–H and O–H groups in total. The van der Waals surface area contributed by atoms with Gasteiger partial charge in [-0.25, -0.2) is 4.57 Å². The SMILES string of the molecule is C=CCNC(=O)c1cc2c(=O)n3cc(C)ccc3nc2[n+]([C@H](C)CC)c1N. The van der Waals surface area contributed by atoms with Crippen molar-refractivity contribution in [3.05, 3.63) is 58.5 Å². The summed E-state index contributed by atoms with van der Waals surface area (Å²) in [7, 11) is 0. The molecule has 0 aliphatic carbocycles. The first kappa shape index (κ1) is 18.6. The lowest BCUT2D eigenvalue weighted by atomic mass is 10.1. The van der Waals surface area contributed by atoms with Crippen molar-refractivity contribution in [2.75, 3.05) is 12.3 Å². The second-order valence-electron chi connectivity index (χ2n) is 6.66. The summed E-state index contributed by atoms with van der Waals surface area (Å²) in [5, 5.41) is 3.08. The number of anilines is 1. The summed E-state index contributed by atoms with van der Waals surface area (Å²) >= 11 is 0. The highest BCUT2D eigenvalue weighted by atomic mass is 16.1. The number of hydrogen-bond acceptors (Lipinski definition) is 4. The Morgan fingerprint density at radius 3 is 2.89 bits per heavy atom. The van der Waals surface area contributed by atoms with E-state index in [-0.39, 0.29) is 23.1 Å². The van der Waals surface area contributed by atoms with Gasteiger partial charge in [0.1, 0.15) is 10.9 Å². The number of carbonyl (C=O) groups excluding carboxylic acids is 1. The van der Waals surface area contributed by atoms with Crippen molar-refractivity contribution in [3.8, 4) is 0 Å². The predicted octanol–water partition coefficient (Wildman–Crippen LogP) is 1.91. The number of nitrogens with zero attached hydrogens (tertiary/aromatic N) is 3. The van der Waals surface area contributed by atoms with Crippen molar-refractivity contribution in [2.24, 2.45) is 0 Å². The first-order valence-electron chi connectivity index (χ1n) is 8.94. The smallest absolute Gasteiger partial charge is 0.278 e. The summed E-state index contributed by atoms with van der Waals surface area (Å²) in [6.07, 6.45) is 4.10. The molecule has 0 aliphatic heterocycles. The number of amides is 1. The maximum absolute atomic E-state index is 13.1. The fourth-order valence-corrected chi connectivity index (χ4v) is 3.09. The van der Waals surface area contributed by atoms with E-state index in [4.69, 9.17) is 5.73 Å². The van der Waals surface area contributed by atoms with Crippen LogP contribution in [0.4, 0.5) is 5.82 Å². The van der Waals surface area contributed by atoms with Gasteiger partial charge in [0.25, 0.3) is 17.1 Å². The Labute approximate surface area is 157 Å². The second-order valence-corrected chi connectivity index (χ2v) is 6.66. The fraction of sp³-hybridized carbons (Fsp3) is 0.300. The van der Waals surface area contributed by atoms with Gasteiger partial charge in [0.05, 0.1) is 6.04 Å². The van der Waals surface area contributed by atoms with Gasteiger partial charge in [-0.3, -0.25) is 14.0 Å². The first-order chi connectivity index (χ1) is 12.9. The normalized spacial score (nSPS) is 12.3. The van der Waals surface area contributed by atoms with Gasteiger partial charge in [-0.1, -0.05) is 24.1 Å². The van der Waals surface area contributed by atoms with Gasteiger partial charge < -0.3 is 11.1 Å². The average Bonchev–Trinajstić information content (AvgIpc) is 2.66. The standard InChI is InChI=1S/C20H23N5O2/c1-5-9-22-19(26)14-10-15-18(25(17(14)21)13(4)6-2)23-16-8-7-12(3)11-24(16)20(15)27/h5,7-8,10-11,13,21H,1,6,9H2,2-4H3,(H,22,26)/p+1/t13-/m1/s1. The molecule has 140 valence electrons. The number of fused-ring (bicyclic) bond motifs is 2. The Bertz CT molecular complexity index is 1120. The first-order valence-corrected chi connectivity index (χ1v) is 8.94. The summed E-state index contributed by atoms with van der Waals surface area (Å²) in [4.78, 5) is 30.4. The molecule has 7 nitrogen and oxygen atoms in total. The molecule has 0 saturated carbocycles. The molecule has 3 heterocycles. The molecular formula is C20H24N5O2+. The summed E-state index contributed by atoms with van der Waals surface area (Å²) in [6, 6.07) is 5.21. The van der Waals surface area contributed by atoms with Crippen LogP contribution in [0.3, 0.4) is 0 Å². The minimum atomic E-state index is -0.347. The number of rotatable bonds is 5. The highest BCUT2D eigenvalue weighted by Crippen LogP contribution is 2.18. The average molecular weight is 366 g/mol. The Hall–Kier alpha value is -3.22. The van der Waals surface area contributed by atoms with E-state index < -0.39 is 0 Å². The second kappa shape index (κ2) is 7.19. The van der Waals surface area contributed by atoms with Crippen molar-refractivity contribution in [1.82, 2.24) is 14.7 Å². The summed E-state index contributed by atoms with van der Waals surface area (Å²) in [6.45, 7) is 9.83. The van der Waals surface area contributed by atoms with Gasteiger partial charge in [0, 0.05) is 12.7 Å². The van der Waals surface area contributed by atoms with E-state index in [1.54, 1.807) is 22.9 Å². The molecule has 3 aromatic rings. The van der Waals surface area contributed by atoms with Crippen molar-refractivity contribution in [1.29, 1.82) is 0 Å². The minimum absolute atomic E-state index is 0.0283. The molecule has 0 unspecified atom stereocenters. The van der Waals surface area contributed by atoms with E-state index in [1.165, 1.54) is 10.5 Å². The van der Waals surface area contributed by atoms with Crippen LogP contribution in [0.2, 0.25) is 0 Å². The molecule has 1 atom stereocenters. The number of pyridine rings is 2. The van der Waals surface area contributed by atoms with Gasteiger partial charge in [0.2, 0.25) is 11.5 Å². The minimum Gasteiger partial charge on any atom is -0.348 e. The van der Waals surface area contributed by atoms with Crippen LogP contribution in [0.5, 0.6) is 0 Å². The molecule has 0 fully saturated rings. The van der Waals surface area contributed by atoms with Crippen LogP contribution in [0.1, 0.15) is 42.2 Å². The van der Waals surface area contributed by atoms with Crippen LogP contribution < -0.4 is 21.2 Å². The highest BCUT2D eigenvalue weighted by Gasteiger charge is 2.26. The molecule has 0 saturated heterocycles. The topological polar surface area (TPSA) is 93.4 Å². The molecule has 3 aromatic heterocycles. The Morgan fingerprint density at radius 2 is 2.22 bits per heavy atom. The zero-order valence-corrected chi connectivity index (χ0v) is 15.8. The van der Waals surface area contributed by atoms with E-state index >= 15 is 0 Å². The zero-order valence-electron chi connectivity index (χ0n) is 15.8. The van der Waals surface area contributed by atoms with Crippen LogP contribution >= 0.6 is 0 Å². The number of aryl methyl sites for hydroxylation is 1. The van der Waals surface area contributed by atoms with Gasteiger partial charge in [-0.05, 0) is 38.0 Å². The summed E-state index contributed by atoms with van der Waals surface area (Å²) < 4.78 is 3.28. The van der Waals surface area contributed by atoms with E-state index in [1.807, 2.05) is 26.8 Å². The van der Waals surface area contributed by atoms with E-state index in [2.05, 4.69) is 16.9 Å². The molecule has 3 rings (SSSR count). The number of nitrogens with one attached hydrogen (secondary N) is 1. The molecule has 7 heteroatoms. The maximum Gasteiger partial charge on any atom is 0.278 e. The van der Waals surface area contributed by atoms with Gasteiger partial charge in [0.15, 0.2) is 0 Å². The quantitative estimate of drug-likeness (QED) is 0.410.